The van der Waals surface area contributed by atoms with Gasteiger partial charge in [-0.15, -0.1) is 0 Å². The first-order valence-corrected chi connectivity index (χ1v) is 6.55. The zero-order valence-electron chi connectivity index (χ0n) is 11.1. The highest BCUT2D eigenvalue weighted by molar-refractivity contribution is 5.84. The second-order valence-electron chi connectivity index (χ2n) is 4.65. The van der Waals surface area contributed by atoms with E-state index in [0.29, 0.717) is 18.7 Å². The van der Waals surface area contributed by atoms with Crippen LogP contribution in [-0.2, 0) is 4.79 Å². The number of aromatic nitrogens is 2. The van der Waals surface area contributed by atoms with E-state index in [-0.39, 0.29) is 0 Å². The van der Waals surface area contributed by atoms with Crippen molar-refractivity contribution in [3.8, 4) is 0 Å². The van der Waals surface area contributed by atoms with Crippen molar-refractivity contribution in [3.05, 3.63) is 11.9 Å². The lowest BCUT2D eigenvalue weighted by Crippen LogP contribution is -2.36. The molecule has 1 aromatic rings. The molecule has 0 amide bonds. The molecule has 18 heavy (non-hydrogen) atoms. The maximum absolute atomic E-state index is 11.5. The lowest BCUT2D eigenvalue weighted by molar-refractivity contribution is -0.118. The van der Waals surface area contributed by atoms with Crippen molar-refractivity contribution in [1.29, 1.82) is 0 Å². The molecule has 0 bridgehead atoms. The van der Waals surface area contributed by atoms with Crippen molar-refractivity contribution < 1.29 is 4.79 Å². The summed E-state index contributed by atoms with van der Waals surface area (Å²) < 4.78 is 0. The Bertz CT molecular complexity index is 433. The molecule has 2 rings (SSSR count). The van der Waals surface area contributed by atoms with Crippen LogP contribution in [-0.4, -0.2) is 35.4 Å². The van der Waals surface area contributed by atoms with Gasteiger partial charge >= 0.3 is 0 Å². The van der Waals surface area contributed by atoms with Gasteiger partial charge in [0.15, 0.2) is 5.78 Å². The van der Waals surface area contributed by atoms with Crippen LogP contribution in [0.25, 0.3) is 0 Å². The van der Waals surface area contributed by atoms with Crippen LogP contribution in [0, 0.1) is 6.92 Å². The van der Waals surface area contributed by atoms with E-state index >= 15 is 0 Å². The van der Waals surface area contributed by atoms with E-state index in [1.54, 1.807) is 0 Å². The van der Waals surface area contributed by atoms with Crippen molar-refractivity contribution in [2.24, 2.45) is 0 Å². The summed E-state index contributed by atoms with van der Waals surface area (Å²) in [5, 5.41) is 3.26. The van der Waals surface area contributed by atoms with E-state index in [9.17, 15) is 4.79 Å². The number of aryl methyl sites for hydroxylation is 1. The van der Waals surface area contributed by atoms with E-state index in [4.69, 9.17) is 0 Å². The molecule has 0 atom stereocenters. The molecule has 0 unspecified atom stereocenters. The van der Waals surface area contributed by atoms with Gasteiger partial charge in [-0.25, -0.2) is 9.97 Å². The molecule has 1 saturated heterocycles. The molecular weight excluding hydrogens is 228 g/mol. The van der Waals surface area contributed by atoms with Crippen LogP contribution in [0.2, 0.25) is 0 Å². The predicted octanol–water partition coefficient (Wildman–Crippen LogP) is 1.78. The third-order valence-corrected chi connectivity index (χ3v) is 2.96. The summed E-state index contributed by atoms with van der Waals surface area (Å²) in [4.78, 5) is 22.3. The van der Waals surface area contributed by atoms with E-state index in [1.165, 1.54) is 0 Å². The lowest BCUT2D eigenvalue weighted by Gasteiger charge is -2.27. The van der Waals surface area contributed by atoms with Crippen LogP contribution >= 0.6 is 0 Å². The van der Waals surface area contributed by atoms with Gasteiger partial charge in [0.25, 0.3) is 0 Å². The Labute approximate surface area is 108 Å². The largest absolute Gasteiger partial charge is 0.370 e. The van der Waals surface area contributed by atoms with Crippen LogP contribution in [0.5, 0.6) is 0 Å². The third-order valence-electron chi connectivity index (χ3n) is 2.96. The highest BCUT2D eigenvalue weighted by Crippen LogP contribution is 2.19. The minimum Gasteiger partial charge on any atom is -0.370 e. The number of nitrogens with zero attached hydrogens (tertiary/aromatic N) is 3. The van der Waals surface area contributed by atoms with E-state index in [2.05, 4.69) is 22.2 Å². The molecule has 98 valence electrons. The first-order valence-electron chi connectivity index (χ1n) is 6.55. The number of carbonyl (C=O) groups excluding carboxylic acids is 1. The smallest absolute Gasteiger partial charge is 0.152 e. The number of hydrogen-bond acceptors (Lipinski definition) is 5. The Morgan fingerprint density at radius 2 is 2.28 bits per heavy atom. The Balaban J connectivity index is 2.16. The minimum absolute atomic E-state index is 0.292. The first-order chi connectivity index (χ1) is 8.69. The van der Waals surface area contributed by atoms with Gasteiger partial charge in [-0.05, 0) is 19.8 Å². The average Bonchev–Trinajstić information content (AvgIpc) is 2.36. The summed E-state index contributed by atoms with van der Waals surface area (Å²) >= 11 is 0. The molecule has 0 radical (unpaired) electrons. The van der Waals surface area contributed by atoms with Crippen molar-refractivity contribution in [2.45, 2.75) is 33.1 Å². The molecule has 1 aromatic heterocycles. The number of hydrogen-bond donors (Lipinski definition) is 1. The van der Waals surface area contributed by atoms with E-state index in [1.807, 2.05) is 17.9 Å². The van der Waals surface area contributed by atoms with Gasteiger partial charge in [0, 0.05) is 25.6 Å². The predicted molar refractivity (Wildman–Crippen MR) is 72.0 cm³/mol. The third kappa shape index (κ3) is 3.18. The quantitative estimate of drug-likeness (QED) is 0.880. The number of rotatable bonds is 4. The zero-order chi connectivity index (χ0) is 13.0. The van der Waals surface area contributed by atoms with Gasteiger partial charge in [0.1, 0.15) is 17.5 Å². The van der Waals surface area contributed by atoms with Crippen LogP contribution < -0.4 is 10.2 Å². The fraction of sp³-hybridized carbons (Fsp3) is 0.615. The monoisotopic (exact) mass is 248 g/mol. The SMILES string of the molecule is CCCNc1cc(N2CCCC(=O)C2)nc(C)n1. The van der Waals surface area contributed by atoms with Gasteiger partial charge in [-0.3, -0.25) is 4.79 Å². The second-order valence-corrected chi connectivity index (χ2v) is 4.65. The van der Waals surface area contributed by atoms with Crippen molar-refractivity contribution >= 4 is 17.4 Å². The van der Waals surface area contributed by atoms with Crippen LogP contribution in [0.15, 0.2) is 6.07 Å². The molecule has 1 N–H and O–H groups in total. The fourth-order valence-electron chi connectivity index (χ4n) is 2.09. The Hall–Kier alpha value is -1.65. The number of piperidine rings is 1. The topological polar surface area (TPSA) is 58.1 Å². The molecule has 0 aliphatic carbocycles. The molecule has 0 saturated carbocycles. The van der Waals surface area contributed by atoms with Crippen LogP contribution in [0.1, 0.15) is 32.0 Å². The Kier molecular flexibility index (Phi) is 4.12. The van der Waals surface area contributed by atoms with Gasteiger partial charge in [0.2, 0.25) is 0 Å². The molecular formula is C13H20N4O. The summed E-state index contributed by atoms with van der Waals surface area (Å²) in [6, 6.07) is 1.93. The fourth-order valence-corrected chi connectivity index (χ4v) is 2.09. The Morgan fingerprint density at radius 3 is 3.00 bits per heavy atom. The van der Waals surface area contributed by atoms with Gasteiger partial charge in [-0.2, -0.15) is 0 Å². The van der Waals surface area contributed by atoms with Gasteiger partial charge in [0.05, 0.1) is 6.54 Å². The van der Waals surface area contributed by atoms with Crippen molar-refractivity contribution in [2.75, 3.05) is 29.9 Å². The molecule has 5 heteroatoms. The van der Waals surface area contributed by atoms with Crippen molar-refractivity contribution in [3.63, 3.8) is 0 Å². The molecule has 0 aromatic carbocycles. The normalized spacial score (nSPS) is 15.9. The summed E-state index contributed by atoms with van der Waals surface area (Å²) in [5.41, 5.74) is 0. The highest BCUT2D eigenvalue weighted by Gasteiger charge is 2.18. The standard InChI is InChI=1S/C13H20N4O/c1-3-6-14-12-8-13(16-10(2)15-12)17-7-4-5-11(18)9-17/h8H,3-7,9H2,1-2H3,(H,14,15,16). The molecule has 5 nitrogen and oxygen atoms in total. The molecule has 1 fully saturated rings. The Morgan fingerprint density at radius 1 is 1.44 bits per heavy atom. The molecule has 1 aliphatic rings. The average molecular weight is 248 g/mol. The molecule has 2 heterocycles. The van der Waals surface area contributed by atoms with Crippen LogP contribution in [0.4, 0.5) is 11.6 Å². The number of anilines is 2. The maximum atomic E-state index is 11.5. The second kappa shape index (κ2) is 5.80. The van der Waals surface area contributed by atoms with Crippen LogP contribution in [0.3, 0.4) is 0 Å². The van der Waals surface area contributed by atoms with E-state index < -0.39 is 0 Å². The number of Topliss-reactive ketones (excluding diaryl/α,β-unsaturated/α-hetero) is 1. The molecule has 1 aliphatic heterocycles. The first kappa shape index (κ1) is 12.8. The highest BCUT2D eigenvalue weighted by atomic mass is 16.1. The summed E-state index contributed by atoms with van der Waals surface area (Å²) in [6.45, 7) is 6.27. The number of nitrogens with one attached hydrogen (secondary N) is 1. The molecule has 0 spiro atoms. The summed E-state index contributed by atoms with van der Waals surface area (Å²) in [5.74, 6) is 2.73. The summed E-state index contributed by atoms with van der Waals surface area (Å²) in [7, 11) is 0. The minimum atomic E-state index is 0.292. The number of carbonyl (C=O) groups is 1. The van der Waals surface area contributed by atoms with Gasteiger partial charge < -0.3 is 10.2 Å². The van der Waals surface area contributed by atoms with E-state index in [0.717, 1.165) is 43.4 Å². The lowest BCUT2D eigenvalue weighted by atomic mass is 10.1. The summed E-state index contributed by atoms with van der Waals surface area (Å²) in [6.07, 6.45) is 2.67. The maximum Gasteiger partial charge on any atom is 0.152 e. The number of ketones is 1. The van der Waals surface area contributed by atoms with Crippen molar-refractivity contribution in [1.82, 2.24) is 9.97 Å². The van der Waals surface area contributed by atoms with Gasteiger partial charge in [-0.1, -0.05) is 6.92 Å². The zero-order valence-corrected chi connectivity index (χ0v) is 11.1.